The average molecular weight is 194 g/mol. The highest BCUT2D eigenvalue weighted by atomic mass is 16.5. The van der Waals surface area contributed by atoms with E-state index in [0.717, 1.165) is 5.75 Å². The van der Waals surface area contributed by atoms with E-state index >= 15 is 0 Å². The van der Waals surface area contributed by atoms with Crippen LogP contribution in [0.2, 0.25) is 0 Å². The first kappa shape index (κ1) is 10.5. The lowest BCUT2D eigenvalue weighted by atomic mass is 10.3. The van der Waals surface area contributed by atoms with Gasteiger partial charge in [0, 0.05) is 5.69 Å². The summed E-state index contributed by atoms with van der Waals surface area (Å²) in [7, 11) is 1.57. The van der Waals surface area contributed by atoms with Gasteiger partial charge in [0.15, 0.2) is 0 Å². The topological polar surface area (TPSA) is 58.2 Å². The van der Waals surface area contributed by atoms with Gasteiger partial charge in [-0.05, 0) is 24.3 Å². The Morgan fingerprint density at radius 3 is 2.50 bits per heavy atom. The van der Waals surface area contributed by atoms with Crippen LogP contribution < -0.4 is 10.1 Å². The van der Waals surface area contributed by atoms with Crippen LogP contribution in [0.5, 0.6) is 5.75 Å². The molecule has 0 aromatic heterocycles. The second-order valence-corrected chi connectivity index (χ2v) is 2.73. The van der Waals surface area contributed by atoms with Crippen molar-refractivity contribution in [2.75, 3.05) is 19.0 Å². The molecule has 14 heavy (non-hydrogen) atoms. The molecule has 0 fully saturated rings. The highest BCUT2D eigenvalue weighted by Gasteiger charge is 2.01. The van der Waals surface area contributed by atoms with Crippen molar-refractivity contribution in [1.82, 2.24) is 0 Å². The molecule has 1 aromatic carbocycles. The number of anilines is 1. The fraction of sp³-hybridized carbons (Fsp3) is 0.300. The lowest BCUT2D eigenvalue weighted by Crippen LogP contribution is -2.12. The predicted molar refractivity (Wildman–Crippen MR) is 51.8 cm³/mol. The van der Waals surface area contributed by atoms with E-state index in [-0.39, 0.29) is 18.9 Å². The second kappa shape index (κ2) is 5.24. The molecule has 0 heterocycles. The van der Waals surface area contributed by atoms with E-state index in [9.17, 15) is 9.90 Å². The third-order valence-electron chi connectivity index (χ3n) is 1.70. The Bertz CT molecular complexity index is 295. The summed E-state index contributed by atoms with van der Waals surface area (Å²) in [6.45, 7) is -0.387. The Morgan fingerprint density at radius 1 is 1.36 bits per heavy atom. The monoisotopic (exact) mass is 194 g/mol. The van der Waals surface area contributed by atoms with Gasteiger partial charge in [0.2, 0.25) is 5.91 Å². The van der Waals surface area contributed by atoms with E-state index in [1.54, 1.807) is 31.4 Å². The minimum atomic E-state index is -0.387. The molecule has 0 aliphatic rings. The highest BCUT2D eigenvalue weighted by Crippen LogP contribution is 2.14. The normalized spacial score (nSPS) is 9.57. The summed E-state index contributed by atoms with van der Waals surface area (Å²) in [5.41, 5.74) is 0.671. The molecule has 1 amide bonds. The molecule has 0 saturated carbocycles. The highest BCUT2D eigenvalue weighted by molar-refractivity contribution is 5.90. The van der Waals surface area contributed by atoms with E-state index in [1.807, 2.05) is 0 Å². The van der Waals surface area contributed by atoms with Crippen LogP contribution in [0.15, 0.2) is 24.3 Å². The maximum Gasteiger partial charge on any atom is 0.226 e. The van der Waals surface area contributed by atoms with Gasteiger partial charge in [-0.25, -0.2) is 5.11 Å². The van der Waals surface area contributed by atoms with Gasteiger partial charge in [-0.1, -0.05) is 0 Å². The van der Waals surface area contributed by atoms with Gasteiger partial charge in [-0.15, -0.1) is 0 Å². The molecule has 75 valence electrons. The van der Waals surface area contributed by atoms with Gasteiger partial charge < -0.3 is 10.1 Å². The van der Waals surface area contributed by atoms with Crippen LogP contribution in [-0.4, -0.2) is 19.6 Å². The molecule has 4 nitrogen and oxygen atoms in total. The molecule has 1 rings (SSSR count). The summed E-state index contributed by atoms with van der Waals surface area (Å²) in [4.78, 5) is 11.0. The summed E-state index contributed by atoms with van der Waals surface area (Å²) >= 11 is 0. The first-order valence-electron chi connectivity index (χ1n) is 4.28. The molecule has 1 radical (unpaired) electrons. The number of hydrogen-bond acceptors (Lipinski definition) is 2. The van der Waals surface area contributed by atoms with Gasteiger partial charge in [-0.3, -0.25) is 4.79 Å². The molecule has 4 heteroatoms. The Morgan fingerprint density at radius 2 is 2.00 bits per heavy atom. The number of rotatable bonds is 4. The van der Waals surface area contributed by atoms with Crippen molar-refractivity contribution in [2.24, 2.45) is 0 Å². The third kappa shape index (κ3) is 3.06. The molecule has 1 N–H and O–H groups in total. The van der Waals surface area contributed by atoms with Crippen LogP contribution in [0.4, 0.5) is 5.69 Å². The van der Waals surface area contributed by atoms with Gasteiger partial charge in [0.1, 0.15) is 5.75 Å². The third-order valence-corrected chi connectivity index (χ3v) is 1.70. The van der Waals surface area contributed by atoms with E-state index in [0.29, 0.717) is 5.69 Å². The molecule has 0 bridgehead atoms. The lowest BCUT2D eigenvalue weighted by Gasteiger charge is -2.04. The smallest absolute Gasteiger partial charge is 0.226 e. The van der Waals surface area contributed by atoms with E-state index in [1.165, 1.54) is 0 Å². The molecular formula is C10H12NO3. The van der Waals surface area contributed by atoms with Crippen molar-refractivity contribution in [3.63, 3.8) is 0 Å². The molecule has 0 aliphatic carbocycles. The standard InChI is InChI=1S/C10H12NO3/c1-14-9-4-2-8(3-5-9)11-10(13)6-7-12/h2-5H,6-7H2,1H3,(H,11,13). The van der Waals surface area contributed by atoms with Gasteiger partial charge in [-0.2, -0.15) is 0 Å². The number of carbonyl (C=O) groups is 1. The van der Waals surface area contributed by atoms with Crippen LogP contribution in [0.3, 0.4) is 0 Å². The minimum absolute atomic E-state index is 0.00598. The van der Waals surface area contributed by atoms with Crippen LogP contribution in [0.25, 0.3) is 0 Å². The number of amides is 1. The van der Waals surface area contributed by atoms with Gasteiger partial charge in [0.25, 0.3) is 0 Å². The predicted octanol–water partition coefficient (Wildman–Crippen LogP) is 1.45. The van der Waals surface area contributed by atoms with Crippen LogP contribution in [0, 0.1) is 0 Å². The summed E-state index contributed by atoms with van der Waals surface area (Å²) < 4.78 is 4.96. The summed E-state index contributed by atoms with van der Waals surface area (Å²) in [5, 5.41) is 12.7. The molecular weight excluding hydrogens is 182 g/mol. The Kier molecular flexibility index (Phi) is 3.94. The molecule has 0 spiro atoms. The number of nitrogens with one attached hydrogen (secondary N) is 1. The zero-order valence-electron chi connectivity index (χ0n) is 7.95. The second-order valence-electron chi connectivity index (χ2n) is 2.73. The largest absolute Gasteiger partial charge is 0.497 e. The SMILES string of the molecule is COc1ccc(NC(=O)CC[O])cc1. The Balaban J connectivity index is 2.55. The zero-order chi connectivity index (χ0) is 10.4. The average Bonchev–Trinajstić information content (AvgIpc) is 2.19. The maximum atomic E-state index is 11.0. The van der Waals surface area contributed by atoms with Crippen molar-refractivity contribution in [3.8, 4) is 5.75 Å². The van der Waals surface area contributed by atoms with Gasteiger partial charge >= 0.3 is 0 Å². The van der Waals surface area contributed by atoms with Gasteiger partial charge in [0.05, 0.1) is 20.1 Å². The molecule has 0 atom stereocenters. The first-order valence-corrected chi connectivity index (χ1v) is 4.28. The van der Waals surface area contributed by atoms with E-state index in [2.05, 4.69) is 5.32 Å². The number of ether oxygens (including phenoxy) is 1. The molecule has 0 aliphatic heterocycles. The molecule has 0 unspecified atom stereocenters. The Labute approximate surface area is 82.5 Å². The molecule has 0 saturated heterocycles. The van der Waals surface area contributed by atoms with Crippen molar-refractivity contribution >= 4 is 11.6 Å². The molecule has 1 aromatic rings. The van der Waals surface area contributed by atoms with Crippen LogP contribution in [-0.2, 0) is 9.90 Å². The quantitative estimate of drug-likeness (QED) is 0.788. The Hall–Kier alpha value is -1.55. The number of benzene rings is 1. The first-order chi connectivity index (χ1) is 6.76. The number of methoxy groups -OCH3 is 1. The summed E-state index contributed by atoms with van der Waals surface area (Å²) in [6.07, 6.45) is 0.00598. The minimum Gasteiger partial charge on any atom is -0.497 e. The fourth-order valence-corrected chi connectivity index (χ4v) is 0.991. The maximum absolute atomic E-state index is 11.0. The lowest BCUT2D eigenvalue weighted by molar-refractivity contribution is -0.117. The fourth-order valence-electron chi connectivity index (χ4n) is 0.991. The van der Waals surface area contributed by atoms with Crippen molar-refractivity contribution in [2.45, 2.75) is 6.42 Å². The van der Waals surface area contributed by atoms with E-state index in [4.69, 9.17) is 4.74 Å². The number of hydrogen-bond donors (Lipinski definition) is 1. The van der Waals surface area contributed by atoms with Crippen LogP contribution >= 0.6 is 0 Å². The summed E-state index contributed by atoms with van der Waals surface area (Å²) in [6, 6.07) is 6.93. The van der Waals surface area contributed by atoms with Crippen molar-refractivity contribution in [3.05, 3.63) is 24.3 Å². The van der Waals surface area contributed by atoms with Crippen molar-refractivity contribution < 1.29 is 14.6 Å². The number of carbonyl (C=O) groups excluding carboxylic acids is 1. The van der Waals surface area contributed by atoms with E-state index < -0.39 is 0 Å². The van der Waals surface area contributed by atoms with Crippen LogP contribution in [0.1, 0.15) is 6.42 Å². The zero-order valence-corrected chi connectivity index (χ0v) is 7.95. The van der Waals surface area contributed by atoms with Crippen molar-refractivity contribution in [1.29, 1.82) is 0 Å². The summed E-state index contributed by atoms with van der Waals surface area (Å²) in [5.74, 6) is 0.469.